The van der Waals surface area contributed by atoms with Gasteiger partial charge in [0.1, 0.15) is 35.0 Å². The number of esters is 1. The molecule has 0 bridgehead atoms. The molecule has 1 aromatic carbocycles. The van der Waals surface area contributed by atoms with E-state index in [1.54, 1.807) is 44.2 Å². The van der Waals surface area contributed by atoms with Gasteiger partial charge < -0.3 is 19.5 Å². The molecule has 3 unspecified atom stereocenters. The quantitative estimate of drug-likeness (QED) is 0.268. The van der Waals surface area contributed by atoms with E-state index in [9.17, 15) is 29.2 Å². The summed E-state index contributed by atoms with van der Waals surface area (Å²) in [7, 11) is -4.27. The monoisotopic (exact) mass is 527 g/mol. The third-order valence-corrected chi connectivity index (χ3v) is 8.85. The topological polar surface area (TPSA) is 169 Å². The van der Waals surface area contributed by atoms with Crippen LogP contribution in [0.1, 0.15) is 26.1 Å². The summed E-state index contributed by atoms with van der Waals surface area (Å²) in [6.45, 7) is 4.77. The number of rotatable bonds is 9. The number of hydrogen-bond donors (Lipinski definition) is 4. The van der Waals surface area contributed by atoms with Gasteiger partial charge >= 0.3 is 19.4 Å². The van der Waals surface area contributed by atoms with Crippen LogP contribution in [0.3, 0.4) is 0 Å². The predicted octanol–water partition coefficient (Wildman–Crippen LogP) is 0.758. The Balaban J connectivity index is 1.53. The van der Waals surface area contributed by atoms with Crippen molar-refractivity contribution in [1.29, 1.82) is 0 Å². The SMILES string of the molecule is CC(C)OC(=O)C(C)NP(=O)(Oc1ccccc1)OC1[C@H]2S[C@@H](n3ccc(=O)[nH]c3=O)[C@H](O)[C@@]12O. The molecule has 1 saturated carbocycles. The summed E-state index contributed by atoms with van der Waals surface area (Å²) in [5, 5.41) is 22.8. The molecule has 0 radical (unpaired) electrons. The molecule has 14 heteroatoms. The van der Waals surface area contributed by atoms with Gasteiger partial charge in [-0.25, -0.2) is 9.36 Å². The van der Waals surface area contributed by atoms with Crippen molar-refractivity contribution in [3.8, 4) is 5.75 Å². The number of aliphatic hydroxyl groups excluding tert-OH is 1. The van der Waals surface area contributed by atoms with E-state index in [-0.39, 0.29) is 5.75 Å². The first-order valence-electron chi connectivity index (χ1n) is 10.8. The fraction of sp³-hybridized carbons (Fsp3) is 0.476. The van der Waals surface area contributed by atoms with Crippen LogP contribution in [0.2, 0.25) is 0 Å². The lowest BCUT2D eigenvalue weighted by Gasteiger charge is -2.27. The van der Waals surface area contributed by atoms with Crippen molar-refractivity contribution < 1.29 is 33.4 Å². The standard InChI is InChI=1S/C21H26N3O9PS/c1-11(2)31-19(27)12(3)23-34(30,32-13-7-5-4-6-8-13)33-16-17-21(16,29)15(26)18(35-17)24-10-9-14(25)22-20(24)28/h4-12,15-18,26,29H,1-3H3,(H,23,30)(H,22,25,28)/t12?,15-,16?,17+,18+,21+,34?/m0/s1. The molecule has 4 rings (SSSR count). The van der Waals surface area contributed by atoms with Crippen molar-refractivity contribution in [2.24, 2.45) is 0 Å². The number of ether oxygens (including phenoxy) is 1. The number of nitrogens with one attached hydrogen (secondary N) is 2. The molecular weight excluding hydrogens is 501 g/mol. The zero-order valence-electron chi connectivity index (χ0n) is 19.1. The van der Waals surface area contributed by atoms with Crippen molar-refractivity contribution in [2.45, 2.75) is 61.3 Å². The molecule has 4 N–H and O–H groups in total. The maximum Gasteiger partial charge on any atom is 0.459 e. The highest BCUT2D eigenvalue weighted by Crippen LogP contribution is 2.66. The minimum Gasteiger partial charge on any atom is -0.462 e. The van der Waals surface area contributed by atoms with Gasteiger partial charge in [0.25, 0.3) is 5.56 Å². The third-order valence-electron chi connectivity index (χ3n) is 5.51. The zero-order valence-corrected chi connectivity index (χ0v) is 20.8. The smallest absolute Gasteiger partial charge is 0.459 e. The molecule has 2 aromatic rings. The van der Waals surface area contributed by atoms with Crippen molar-refractivity contribution in [1.82, 2.24) is 14.6 Å². The molecular formula is C21H26N3O9PS. The number of carbonyl (C=O) groups excluding carboxylic acids is 1. The lowest BCUT2D eigenvalue weighted by Crippen LogP contribution is -2.41. The molecule has 7 atom stereocenters. The first-order valence-corrected chi connectivity index (χ1v) is 13.3. The van der Waals surface area contributed by atoms with Crippen LogP contribution >= 0.6 is 19.5 Å². The number of fused-ring (bicyclic) bond motifs is 1. The van der Waals surface area contributed by atoms with E-state index in [1.165, 1.54) is 13.1 Å². The number of aliphatic hydroxyl groups is 2. The summed E-state index contributed by atoms with van der Waals surface area (Å²) >= 11 is 1.03. The number of para-hydroxylation sites is 1. The highest BCUT2D eigenvalue weighted by atomic mass is 32.2. The van der Waals surface area contributed by atoms with Crippen LogP contribution in [0.5, 0.6) is 5.75 Å². The van der Waals surface area contributed by atoms with Gasteiger partial charge in [-0.3, -0.25) is 23.7 Å². The second-order valence-electron chi connectivity index (χ2n) is 8.56. The van der Waals surface area contributed by atoms with Crippen LogP contribution < -0.4 is 20.9 Å². The van der Waals surface area contributed by atoms with Gasteiger partial charge in [-0.2, -0.15) is 5.09 Å². The van der Waals surface area contributed by atoms with Crippen LogP contribution in [0.25, 0.3) is 0 Å². The van der Waals surface area contributed by atoms with Crippen molar-refractivity contribution in [3.05, 3.63) is 63.4 Å². The number of nitrogens with zero attached hydrogens (tertiary/aromatic N) is 1. The first kappa shape index (κ1) is 25.7. The molecule has 190 valence electrons. The van der Waals surface area contributed by atoms with E-state index in [0.717, 1.165) is 22.4 Å². The van der Waals surface area contributed by atoms with Crippen molar-refractivity contribution in [3.63, 3.8) is 0 Å². The largest absolute Gasteiger partial charge is 0.462 e. The molecule has 0 amide bonds. The van der Waals surface area contributed by atoms with Gasteiger partial charge in [0, 0.05) is 12.3 Å². The van der Waals surface area contributed by atoms with Crippen LogP contribution in [0.15, 0.2) is 52.2 Å². The molecule has 35 heavy (non-hydrogen) atoms. The summed E-state index contributed by atoms with van der Waals surface area (Å²) in [6, 6.07) is 8.17. The molecule has 2 fully saturated rings. The zero-order chi connectivity index (χ0) is 25.5. The number of hydrogen-bond acceptors (Lipinski definition) is 10. The van der Waals surface area contributed by atoms with E-state index in [1.807, 2.05) is 0 Å². The van der Waals surface area contributed by atoms with Crippen LogP contribution in [0.4, 0.5) is 0 Å². The van der Waals surface area contributed by atoms with Crippen LogP contribution in [-0.4, -0.2) is 60.9 Å². The minimum atomic E-state index is -4.27. The maximum absolute atomic E-state index is 13.7. The van der Waals surface area contributed by atoms with Gasteiger partial charge in [-0.15, -0.1) is 11.8 Å². The molecule has 1 aliphatic carbocycles. The number of H-pyrrole nitrogens is 1. The predicted molar refractivity (Wildman–Crippen MR) is 126 cm³/mol. The van der Waals surface area contributed by atoms with Gasteiger partial charge in [-0.1, -0.05) is 18.2 Å². The van der Waals surface area contributed by atoms with Crippen LogP contribution in [-0.2, 0) is 18.6 Å². The Morgan fingerprint density at radius 3 is 2.49 bits per heavy atom. The number of benzene rings is 1. The second kappa shape index (κ2) is 9.57. The lowest BCUT2D eigenvalue weighted by molar-refractivity contribution is -0.149. The Morgan fingerprint density at radius 1 is 1.23 bits per heavy atom. The number of thioether (sulfide) groups is 1. The van der Waals surface area contributed by atoms with E-state index in [2.05, 4.69) is 10.1 Å². The number of carbonyl (C=O) groups is 1. The molecule has 2 heterocycles. The highest BCUT2D eigenvalue weighted by molar-refractivity contribution is 8.00. The number of aromatic nitrogens is 2. The summed E-state index contributed by atoms with van der Waals surface area (Å²) in [4.78, 5) is 37.8. The minimum absolute atomic E-state index is 0.191. The second-order valence-corrected chi connectivity index (χ2v) is 11.5. The van der Waals surface area contributed by atoms with Gasteiger partial charge in [0.2, 0.25) is 0 Å². The molecule has 1 aliphatic heterocycles. The van der Waals surface area contributed by atoms with Gasteiger partial charge in [0.15, 0.2) is 0 Å². The molecule has 12 nitrogen and oxygen atoms in total. The summed E-state index contributed by atoms with van der Waals surface area (Å²) in [5.41, 5.74) is -3.18. The average Bonchev–Trinajstić information content (AvgIpc) is 3.22. The van der Waals surface area contributed by atoms with Crippen molar-refractivity contribution >= 4 is 25.5 Å². The summed E-state index contributed by atoms with van der Waals surface area (Å²) < 4.78 is 31.2. The Hall–Kier alpha value is -2.41. The molecule has 1 aromatic heterocycles. The summed E-state index contributed by atoms with van der Waals surface area (Å²) in [6.07, 6.45) is -1.79. The molecule has 1 saturated heterocycles. The Morgan fingerprint density at radius 2 is 1.91 bits per heavy atom. The Bertz CT molecular complexity index is 1250. The fourth-order valence-corrected chi connectivity index (χ4v) is 7.36. The maximum atomic E-state index is 13.7. The van der Waals surface area contributed by atoms with Crippen molar-refractivity contribution in [2.75, 3.05) is 0 Å². The normalized spacial score (nSPS) is 29.8. The third kappa shape index (κ3) is 5.11. The Labute approximate surface area is 204 Å². The van der Waals surface area contributed by atoms with E-state index in [4.69, 9.17) is 13.8 Å². The molecule has 2 aliphatic rings. The fourth-order valence-electron chi connectivity index (χ4n) is 3.76. The van der Waals surface area contributed by atoms with E-state index in [0.29, 0.717) is 0 Å². The Kier molecular flexibility index (Phi) is 7.02. The van der Waals surface area contributed by atoms with Crippen LogP contribution in [0, 0.1) is 0 Å². The van der Waals surface area contributed by atoms with Gasteiger partial charge in [0.05, 0.1) is 11.4 Å². The van der Waals surface area contributed by atoms with E-state index >= 15 is 0 Å². The van der Waals surface area contributed by atoms with E-state index < -0.39 is 65.5 Å². The molecule has 0 spiro atoms. The van der Waals surface area contributed by atoms with Gasteiger partial charge in [-0.05, 0) is 32.9 Å². The average molecular weight is 527 g/mol. The first-order chi connectivity index (χ1) is 16.4. The highest BCUT2D eigenvalue weighted by Gasteiger charge is 2.78. The summed E-state index contributed by atoms with van der Waals surface area (Å²) in [5.74, 6) is -0.487. The lowest BCUT2D eigenvalue weighted by atomic mass is 10.1. The number of aromatic amines is 1.